The number of nitrogens with one attached hydrogen (secondary N) is 2. The standard InChI is InChI=1S/C17H23N3O2S/c1-10(2)14-8-6-7-9-15(14)22-13(5)19-16(21)20-17-18-11(3)12(4)23-17/h6-10,13H,1-5H3,(H2,18,19,20,21). The van der Waals surface area contributed by atoms with Crippen LogP contribution < -0.4 is 15.4 Å². The number of carbonyl (C=O) groups excluding carboxylic acids is 1. The number of rotatable bonds is 5. The molecule has 1 heterocycles. The summed E-state index contributed by atoms with van der Waals surface area (Å²) in [6.07, 6.45) is -0.447. The minimum atomic E-state index is -0.447. The number of ether oxygens (including phenoxy) is 1. The van der Waals surface area contributed by atoms with Crippen molar-refractivity contribution in [3.05, 3.63) is 40.4 Å². The molecule has 2 amide bonds. The van der Waals surface area contributed by atoms with E-state index in [1.165, 1.54) is 11.3 Å². The molecular formula is C17H23N3O2S. The Morgan fingerprint density at radius 3 is 2.52 bits per heavy atom. The van der Waals surface area contributed by atoms with Crippen LogP contribution in [0, 0.1) is 13.8 Å². The molecule has 0 saturated carbocycles. The molecule has 0 aliphatic rings. The van der Waals surface area contributed by atoms with Crippen LogP contribution in [0.5, 0.6) is 5.75 Å². The van der Waals surface area contributed by atoms with Crippen molar-refractivity contribution in [3.63, 3.8) is 0 Å². The van der Waals surface area contributed by atoms with Gasteiger partial charge in [-0.1, -0.05) is 32.0 Å². The number of aromatic nitrogens is 1. The summed E-state index contributed by atoms with van der Waals surface area (Å²) in [4.78, 5) is 17.4. The first-order valence-corrected chi connectivity index (χ1v) is 8.45. The summed E-state index contributed by atoms with van der Waals surface area (Å²) in [5.74, 6) is 1.14. The summed E-state index contributed by atoms with van der Waals surface area (Å²) < 4.78 is 5.86. The molecule has 2 aromatic rings. The highest BCUT2D eigenvalue weighted by molar-refractivity contribution is 7.15. The van der Waals surface area contributed by atoms with Crippen LogP contribution in [-0.4, -0.2) is 17.2 Å². The second-order valence-corrected chi connectivity index (χ2v) is 6.91. The summed E-state index contributed by atoms with van der Waals surface area (Å²) in [5, 5.41) is 6.09. The third kappa shape index (κ3) is 4.69. The van der Waals surface area contributed by atoms with Crippen molar-refractivity contribution < 1.29 is 9.53 Å². The van der Waals surface area contributed by atoms with Gasteiger partial charge in [0.2, 0.25) is 0 Å². The number of hydrogen-bond acceptors (Lipinski definition) is 4. The van der Waals surface area contributed by atoms with E-state index in [2.05, 4.69) is 29.5 Å². The number of anilines is 1. The molecule has 2 rings (SSSR count). The maximum atomic E-state index is 12.0. The van der Waals surface area contributed by atoms with E-state index in [0.717, 1.165) is 21.9 Å². The van der Waals surface area contributed by atoms with Crippen molar-refractivity contribution in [2.45, 2.75) is 46.8 Å². The summed E-state index contributed by atoms with van der Waals surface area (Å²) in [6, 6.07) is 7.54. The highest BCUT2D eigenvalue weighted by Crippen LogP contribution is 2.26. The molecule has 23 heavy (non-hydrogen) atoms. The highest BCUT2D eigenvalue weighted by atomic mass is 32.1. The van der Waals surface area contributed by atoms with Gasteiger partial charge in [0.05, 0.1) is 5.69 Å². The van der Waals surface area contributed by atoms with Gasteiger partial charge in [0.15, 0.2) is 11.4 Å². The Morgan fingerprint density at radius 1 is 1.22 bits per heavy atom. The Bertz CT molecular complexity index is 663. The number of para-hydroxylation sites is 1. The third-order valence-electron chi connectivity index (χ3n) is 3.43. The molecule has 124 valence electrons. The van der Waals surface area contributed by atoms with E-state index in [9.17, 15) is 4.79 Å². The van der Waals surface area contributed by atoms with Crippen LogP contribution in [0.15, 0.2) is 24.3 Å². The van der Waals surface area contributed by atoms with Crippen molar-refractivity contribution in [1.82, 2.24) is 10.3 Å². The van der Waals surface area contributed by atoms with Gasteiger partial charge < -0.3 is 10.1 Å². The first-order chi connectivity index (χ1) is 10.9. The third-order valence-corrected chi connectivity index (χ3v) is 4.42. The van der Waals surface area contributed by atoms with Gasteiger partial charge in [-0.25, -0.2) is 9.78 Å². The van der Waals surface area contributed by atoms with Gasteiger partial charge in [-0.2, -0.15) is 0 Å². The van der Waals surface area contributed by atoms with Crippen LogP contribution in [0.3, 0.4) is 0 Å². The Hall–Kier alpha value is -2.08. The molecule has 1 atom stereocenters. The molecule has 0 aliphatic carbocycles. The summed E-state index contributed by atoms with van der Waals surface area (Å²) in [6.45, 7) is 9.92. The Morgan fingerprint density at radius 2 is 1.91 bits per heavy atom. The van der Waals surface area contributed by atoms with Crippen LogP contribution in [-0.2, 0) is 0 Å². The molecule has 2 N–H and O–H groups in total. The number of benzene rings is 1. The topological polar surface area (TPSA) is 63.2 Å². The first-order valence-electron chi connectivity index (χ1n) is 7.64. The second kappa shape index (κ2) is 7.46. The molecule has 0 saturated heterocycles. The SMILES string of the molecule is Cc1nc(NC(=O)NC(C)Oc2ccccc2C(C)C)sc1C. The quantitative estimate of drug-likeness (QED) is 0.796. The summed E-state index contributed by atoms with van der Waals surface area (Å²) in [5.41, 5.74) is 2.05. The number of urea groups is 1. The van der Waals surface area contributed by atoms with Gasteiger partial charge in [-0.3, -0.25) is 5.32 Å². The van der Waals surface area contributed by atoms with E-state index < -0.39 is 6.23 Å². The van der Waals surface area contributed by atoms with E-state index in [1.54, 1.807) is 6.92 Å². The number of amides is 2. The average molecular weight is 333 g/mol. The van der Waals surface area contributed by atoms with E-state index in [-0.39, 0.29) is 6.03 Å². The Balaban J connectivity index is 1.94. The maximum absolute atomic E-state index is 12.0. The minimum Gasteiger partial charge on any atom is -0.471 e. The second-order valence-electron chi connectivity index (χ2n) is 5.71. The molecule has 1 unspecified atom stereocenters. The molecule has 0 radical (unpaired) electrons. The molecule has 0 bridgehead atoms. The van der Waals surface area contributed by atoms with Crippen LogP contribution in [0.2, 0.25) is 0 Å². The largest absolute Gasteiger partial charge is 0.471 e. The number of nitrogens with zero attached hydrogens (tertiary/aromatic N) is 1. The predicted octanol–water partition coefficient (Wildman–Crippen LogP) is 4.43. The molecule has 5 nitrogen and oxygen atoms in total. The van der Waals surface area contributed by atoms with E-state index >= 15 is 0 Å². The van der Waals surface area contributed by atoms with Gasteiger partial charge in [0.1, 0.15) is 5.75 Å². The minimum absolute atomic E-state index is 0.326. The lowest BCUT2D eigenvalue weighted by Gasteiger charge is -2.19. The summed E-state index contributed by atoms with van der Waals surface area (Å²) >= 11 is 1.46. The van der Waals surface area contributed by atoms with Crippen molar-refractivity contribution in [2.24, 2.45) is 0 Å². The Kier molecular flexibility index (Phi) is 5.60. The zero-order chi connectivity index (χ0) is 17.0. The fourth-order valence-corrected chi connectivity index (χ4v) is 2.94. The Labute approximate surface area is 141 Å². The molecule has 6 heteroatoms. The monoisotopic (exact) mass is 333 g/mol. The first kappa shape index (κ1) is 17.3. The molecule has 0 fully saturated rings. The van der Waals surface area contributed by atoms with Gasteiger partial charge in [-0.05, 0) is 38.3 Å². The van der Waals surface area contributed by atoms with Gasteiger partial charge in [0, 0.05) is 4.88 Å². The van der Waals surface area contributed by atoms with E-state index in [4.69, 9.17) is 4.74 Å². The number of carbonyl (C=O) groups is 1. The fraction of sp³-hybridized carbons (Fsp3) is 0.412. The van der Waals surface area contributed by atoms with Crippen molar-refractivity contribution >= 4 is 22.5 Å². The smallest absolute Gasteiger partial charge is 0.323 e. The maximum Gasteiger partial charge on any atom is 0.323 e. The molecule has 1 aromatic carbocycles. The van der Waals surface area contributed by atoms with Crippen LogP contribution in [0.25, 0.3) is 0 Å². The van der Waals surface area contributed by atoms with Crippen LogP contribution in [0.1, 0.15) is 42.8 Å². The summed E-state index contributed by atoms with van der Waals surface area (Å²) in [7, 11) is 0. The lowest BCUT2D eigenvalue weighted by molar-refractivity contribution is 0.181. The zero-order valence-electron chi connectivity index (χ0n) is 14.1. The molecule has 0 spiro atoms. The lowest BCUT2D eigenvalue weighted by atomic mass is 10.0. The molecule has 1 aromatic heterocycles. The predicted molar refractivity (Wildman–Crippen MR) is 94.4 cm³/mol. The number of hydrogen-bond donors (Lipinski definition) is 2. The van der Waals surface area contributed by atoms with Crippen molar-refractivity contribution in [1.29, 1.82) is 0 Å². The van der Waals surface area contributed by atoms with Crippen LogP contribution >= 0.6 is 11.3 Å². The highest BCUT2D eigenvalue weighted by Gasteiger charge is 2.14. The van der Waals surface area contributed by atoms with E-state index in [1.807, 2.05) is 38.1 Å². The number of thiazole rings is 1. The van der Waals surface area contributed by atoms with E-state index in [0.29, 0.717) is 11.0 Å². The molecular weight excluding hydrogens is 310 g/mol. The van der Waals surface area contributed by atoms with Crippen LogP contribution in [0.4, 0.5) is 9.93 Å². The fourth-order valence-electron chi connectivity index (χ4n) is 2.13. The normalized spacial score (nSPS) is 12.1. The van der Waals surface area contributed by atoms with Gasteiger partial charge >= 0.3 is 6.03 Å². The average Bonchev–Trinajstić information content (AvgIpc) is 2.76. The zero-order valence-corrected chi connectivity index (χ0v) is 15.0. The van der Waals surface area contributed by atoms with Crippen molar-refractivity contribution in [3.8, 4) is 5.75 Å². The van der Waals surface area contributed by atoms with Crippen molar-refractivity contribution in [2.75, 3.05) is 5.32 Å². The number of aryl methyl sites for hydroxylation is 2. The molecule has 0 aliphatic heterocycles. The lowest BCUT2D eigenvalue weighted by Crippen LogP contribution is -2.39. The van der Waals surface area contributed by atoms with Gasteiger partial charge in [-0.15, -0.1) is 11.3 Å². The van der Waals surface area contributed by atoms with Gasteiger partial charge in [0.25, 0.3) is 0 Å².